The third-order valence-corrected chi connectivity index (χ3v) is 11.6. The molecule has 0 radical (unpaired) electrons. The summed E-state index contributed by atoms with van der Waals surface area (Å²) in [5.41, 5.74) is -0.142. The molecule has 10 atom stereocenters. The molecule has 0 saturated heterocycles. The average Bonchev–Trinajstić information content (AvgIpc) is 3.10. The highest BCUT2D eigenvalue weighted by atomic mass is 16.4. The van der Waals surface area contributed by atoms with E-state index < -0.39 is 11.6 Å². The number of carboxylic acid groups (broad SMARTS) is 1. The molecule has 4 nitrogen and oxygen atoms in total. The Kier molecular flexibility index (Phi) is 7.30. The van der Waals surface area contributed by atoms with E-state index in [2.05, 4.69) is 27.7 Å². The summed E-state index contributed by atoms with van der Waals surface area (Å²) < 4.78 is 0. The molecular weight excluding hydrogens is 412 g/mol. The molecule has 3 N–H and O–H groups in total. The summed E-state index contributed by atoms with van der Waals surface area (Å²) in [6.07, 6.45) is 13.8. The van der Waals surface area contributed by atoms with Crippen molar-refractivity contribution >= 4 is 5.97 Å². The van der Waals surface area contributed by atoms with Gasteiger partial charge in [-0.2, -0.15) is 0 Å². The average molecular weight is 463 g/mol. The van der Waals surface area contributed by atoms with Crippen LogP contribution in [-0.4, -0.2) is 33.0 Å². The van der Waals surface area contributed by atoms with Gasteiger partial charge < -0.3 is 15.3 Å². The Balaban J connectivity index is 1.64. The SMILES string of the molecule is CCCCC[C@@]1(O)CC2C[C@H](O)CC[C@]2(C)[C@H]2CC[C@]3(C)[C@@H]([C@H](C)CCC(=O)O)CC[C@H]3[C@@H]21. The van der Waals surface area contributed by atoms with Crippen molar-refractivity contribution in [3.63, 3.8) is 0 Å². The first-order chi connectivity index (χ1) is 15.5. The van der Waals surface area contributed by atoms with Gasteiger partial charge in [0.2, 0.25) is 0 Å². The van der Waals surface area contributed by atoms with Gasteiger partial charge in [-0.3, -0.25) is 4.79 Å². The van der Waals surface area contributed by atoms with Crippen LogP contribution in [0.15, 0.2) is 0 Å². The largest absolute Gasteiger partial charge is 0.481 e. The van der Waals surface area contributed by atoms with E-state index in [9.17, 15) is 20.1 Å². The van der Waals surface area contributed by atoms with E-state index in [4.69, 9.17) is 0 Å². The number of aliphatic hydroxyl groups excluding tert-OH is 1. The number of rotatable bonds is 8. The lowest BCUT2D eigenvalue weighted by Crippen LogP contribution is -2.63. The van der Waals surface area contributed by atoms with Gasteiger partial charge in [-0.15, -0.1) is 0 Å². The summed E-state index contributed by atoms with van der Waals surface area (Å²) in [5, 5.41) is 32.2. The number of aliphatic carboxylic acids is 1. The summed E-state index contributed by atoms with van der Waals surface area (Å²) in [6, 6.07) is 0. The van der Waals surface area contributed by atoms with Crippen LogP contribution in [-0.2, 0) is 4.79 Å². The van der Waals surface area contributed by atoms with Gasteiger partial charge in [0, 0.05) is 6.42 Å². The lowest BCUT2D eigenvalue weighted by Gasteiger charge is -2.66. The zero-order valence-electron chi connectivity index (χ0n) is 21.7. The highest BCUT2D eigenvalue weighted by Crippen LogP contribution is 2.70. The van der Waals surface area contributed by atoms with Crippen molar-refractivity contribution in [2.45, 2.75) is 129 Å². The molecule has 4 rings (SSSR count). The van der Waals surface area contributed by atoms with Gasteiger partial charge in [0.15, 0.2) is 0 Å². The molecule has 0 spiro atoms. The molecule has 1 unspecified atom stereocenters. The molecule has 0 aromatic rings. The van der Waals surface area contributed by atoms with Gasteiger partial charge in [0.25, 0.3) is 0 Å². The first-order valence-corrected chi connectivity index (χ1v) is 14.2. The summed E-state index contributed by atoms with van der Waals surface area (Å²) in [5.74, 6) is 2.22. The van der Waals surface area contributed by atoms with E-state index in [1.54, 1.807) is 0 Å². The summed E-state index contributed by atoms with van der Waals surface area (Å²) >= 11 is 0. The molecule has 0 aromatic heterocycles. The lowest BCUT2D eigenvalue weighted by atomic mass is 9.40. The minimum absolute atomic E-state index is 0.195. The van der Waals surface area contributed by atoms with Crippen LogP contribution >= 0.6 is 0 Å². The van der Waals surface area contributed by atoms with E-state index in [1.165, 1.54) is 38.5 Å². The molecule has 33 heavy (non-hydrogen) atoms. The molecule has 0 amide bonds. The lowest BCUT2D eigenvalue weighted by molar-refractivity contribution is -0.222. The molecule has 0 bridgehead atoms. The van der Waals surface area contributed by atoms with Gasteiger partial charge >= 0.3 is 5.97 Å². The quantitative estimate of drug-likeness (QED) is 0.363. The number of unbranched alkanes of at least 4 members (excludes halogenated alkanes) is 2. The number of fused-ring (bicyclic) bond motifs is 5. The van der Waals surface area contributed by atoms with Crippen LogP contribution in [0, 0.1) is 46.3 Å². The van der Waals surface area contributed by atoms with Gasteiger partial charge in [0.1, 0.15) is 0 Å². The maximum Gasteiger partial charge on any atom is 0.303 e. The van der Waals surface area contributed by atoms with Crippen molar-refractivity contribution in [1.29, 1.82) is 0 Å². The van der Waals surface area contributed by atoms with Crippen molar-refractivity contribution in [2.24, 2.45) is 46.3 Å². The summed E-state index contributed by atoms with van der Waals surface area (Å²) in [4.78, 5) is 11.2. The van der Waals surface area contributed by atoms with E-state index in [0.29, 0.717) is 35.5 Å². The minimum Gasteiger partial charge on any atom is -0.481 e. The zero-order chi connectivity index (χ0) is 24.0. The fourth-order valence-corrected chi connectivity index (χ4v) is 9.87. The van der Waals surface area contributed by atoms with Crippen LogP contribution < -0.4 is 0 Å². The van der Waals surface area contributed by atoms with Crippen LogP contribution in [0.3, 0.4) is 0 Å². The second-order valence-corrected chi connectivity index (χ2v) is 13.3. The Bertz CT molecular complexity index is 708. The smallest absolute Gasteiger partial charge is 0.303 e. The Morgan fingerprint density at radius 3 is 2.42 bits per heavy atom. The van der Waals surface area contributed by atoms with Crippen molar-refractivity contribution in [3.8, 4) is 0 Å². The Hall–Kier alpha value is -0.610. The number of carboxylic acids is 1. The highest BCUT2D eigenvalue weighted by molar-refractivity contribution is 5.66. The van der Waals surface area contributed by atoms with Crippen LogP contribution in [0.25, 0.3) is 0 Å². The van der Waals surface area contributed by atoms with Crippen molar-refractivity contribution in [1.82, 2.24) is 0 Å². The summed E-state index contributed by atoms with van der Waals surface area (Å²) in [6.45, 7) is 9.51. The van der Waals surface area contributed by atoms with Gasteiger partial charge in [-0.1, -0.05) is 47.0 Å². The predicted molar refractivity (Wildman–Crippen MR) is 132 cm³/mol. The monoisotopic (exact) mass is 462 g/mol. The van der Waals surface area contributed by atoms with Gasteiger partial charge in [0.05, 0.1) is 11.7 Å². The van der Waals surface area contributed by atoms with Crippen LogP contribution in [0.2, 0.25) is 0 Å². The first-order valence-electron chi connectivity index (χ1n) is 14.2. The zero-order valence-corrected chi connectivity index (χ0v) is 21.7. The number of hydrogen-bond acceptors (Lipinski definition) is 3. The summed E-state index contributed by atoms with van der Waals surface area (Å²) in [7, 11) is 0. The maximum absolute atomic E-state index is 12.4. The van der Waals surface area contributed by atoms with Gasteiger partial charge in [-0.25, -0.2) is 0 Å². The molecule has 0 aliphatic heterocycles. The third-order valence-electron chi connectivity index (χ3n) is 11.6. The molecule has 190 valence electrons. The fourth-order valence-electron chi connectivity index (χ4n) is 9.87. The Morgan fingerprint density at radius 1 is 1.03 bits per heavy atom. The number of carbonyl (C=O) groups is 1. The highest BCUT2D eigenvalue weighted by Gasteiger charge is 2.66. The van der Waals surface area contributed by atoms with E-state index >= 15 is 0 Å². The number of hydrogen-bond donors (Lipinski definition) is 3. The molecule has 4 heteroatoms. The van der Waals surface area contributed by atoms with Crippen LogP contribution in [0.5, 0.6) is 0 Å². The van der Waals surface area contributed by atoms with Crippen LogP contribution in [0.4, 0.5) is 0 Å². The van der Waals surface area contributed by atoms with Crippen LogP contribution in [0.1, 0.15) is 118 Å². The van der Waals surface area contributed by atoms with E-state index in [-0.39, 0.29) is 23.4 Å². The molecule has 0 aromatic carbocycles. The molecule has 4 aliphatic rings. The van der Waals surface area contributed by atoms with Gasteiger partial charge in [-0.05, 0) is 111 Å². The fraction of sp³-hybridized carbons (Fsp3) is 0.966. The van der Waals surface area contributed by atoms with Crippen molar-refractivity contribution in [2.75, 3.05) is 0 Å². The minimum atomic E-state index is -0.679. The maximum atomic E-state index is 12.4. The molecule has 4 aliphatic carbocycles. The molecule has 0 heterocycles. The standard InChI is InChI=1S/C29H50O4/c1-5-6-7-14-29(33)18-20-17-21(30)12-15-27(20,3)24-13-16-28(4)22(9-10-23(28)26(24)29)19(2)8-11-25(31)32/h19-24,26,30,33H,5-18H2,1-4H3,(H,31,32)/t19-,20?,21-,22-,23+,24+,26+,27+,28-,29-/m1/s1. The third kappa shape index (κ3) is 4.41. The Morgan fingerprint density at radius 2 is 1.73 bits per heavy atom. The second kappa shape index (κ2) is 9.45. The molecular formula is C29H50O4. The second-order valence-electron chi connectivity index (χ2n) is 13.3. The first kappa shape index (κ1) is 25.5. The van der Waals surface area contributed by atoms with E-state index in [1.807, 2.05) is 0 Å². The number of aliphatic hydroxyl groups is 2. The molecule has 4 saturated carbocycles. The topological polar surface area (TPSA) is 77.8 Å². The predicted octanol–water partition coefficient (Wildman–Crippen LogP) is 6.43. The normalized spacial score (nSPS) is 47.9. The van der Waals surface area contributed by atoms with Crippen molar-refractivity contribution < 1.29 is 20.1 Å². The Labute approximate surface area is 201 Å². The van der Waals surface area contributed by atoms with E-state index in [0.717, 1.165) is 44.9 Å². The molecule has 4 fully saturated rings. The van der Waals surface area contributed by atoms with Crippen molar-refractivity contribution in [3.05, 3.63) is 0 Å².